The van der Waals surface area contributed by atoms with Crippen LogP contribution in [0.25, 0.3) is 0 Å². The van der Waals surface area contributed by atoms with Gasteiger partial charge in [0.05, 0.1) is 7.11 Å². The number of esters is 1. The number of amides is 2. The second-order valence-corrected chi connectivity index (χ2v) is 9.77. The lowest BCUT2D eigenvalue weighted by molar-refractivity contribution is -0.146. The number of methoxy groups -OCH3 is 1. The third-order valence-corrected chi connectivity index (χ3v) is 5.31. The Hall–Kier alpha value is -3.35. The molecule has 7 heteroatoms. The lowest BCUT2D eigenvalue weighted by atomic mass is 9.87. The Bertz CT molecular complexity index is 970. The van der Waals surface area contributed by atoms with Gasteiger partial charge in [0.25, 0.3) is 5.91 Å². The summed E-state index contributed by atoms with van der Waals surface area (Å²) in [7, 11) is 1.29. The van der Waals surface area contributed by atoms with Gasteiger partial charge < -0.3 is 14.8 Å². The van der Waals surface area contributed by atoms with Gasteiger partial charge in [0.1, 0.15) is 11.6 Å². The van der Waals surface area contributed by atoms with Crippen molar-refractivity contribution < 1.29 is 23.9 Å². The molecular weight excluding hydrogens is 432 g/mol. The van der Waals surface area contributed by atoms with Crippen molar-refractivity contribution >= 4 is 23.7 Å². The van der Waals surface area contributed by atoms with Crippen molar-refractivity contribution in [3.05, 3.63) is 66.2 Å². The number of carbonyl (C=O) groups is 3. The molecule has 0 spiro atoms. The Morgan fingerprint density at radius 2 is 1.44 bits per heavy atom. The van der Waals surface area contributed by atoms with E-state index in [-0.39, 0.29) is 5.92 Å². The Labute approximate surface area is 202 Å². The zero-order chi connectivity index (χ0) is 25.5. The number of benzene rings is 2. The van der Waals surface area contributed by atoms with Gasteiger partial charge in [0, 0.05) is 5.69 Å². The fourth-order valence-corrected chi connectivity index (χ4v) is 3.68. The monoisotopic (exact) mass is 468 g/mol. The molecule has 0 radical (unpaired) electrons. The summed E-state index contributed by atoms with van der Waals surface area (Å²) < 4.78 is 10.7. The van der Waals surface area contributed by atoms with Crippen LogP contribution in [0, 0.1) is 5.92 Å². The van der Waals surface area contributed by atoms with Crippen LogP contribution in [0.1, 0.15) is 53.5 Å². The molecule has 0 aliphatic heterocycles. The largest absolute Gasteiger partial charge is 0.467 e. The highest BCUT2D eigenvalue weighted by Gasteiger charge is 2.47. The van der Waals surface area contributed by atoms with E-state index in [1.807, 2.05) is 26.0 Å². The van der Waals surface area contributed by atoms with Crippen LogP contribution in [-0.4, -0.2) is 36.7 Å². The zero-order valence-electron chi connectivity index (χ0n) is 21.1. The maximum absolute atomic E-state index is 14.0. The van der Waals surface area contributed by atoms with E-state index in [4.69, 9.17) is 9.47 Å². The normalized spacial score (nSPS) is 14.0. The van der Waals surface area contributed by atoms with Gasteiger partial charge in [-0.1, -0.05) is 62.4 Å². The van der Waals surface area contributed by atoms with Gasteiger partial charge in [0.2, 0.25) is 0 Å². The van der Waals surface area contributed by atoms with Crippen LogP contribution in [0.5, 0.6) is 0 Å². The molecule has 0 aliphatic rings. The molecular formula is C27H36N2O5. The lowest BCUT2D eigenvalue weighted by Crippen LogP contribution is -2.60. The first-order chi connectivity index (χ1) is 15.9. The van der Waals surface area contributed by atoms with Gasteiger partial charge in [0.15, 0.2) is 5.54 Å². The van der Waals surface area contributed by atoms with Crippen LogP contribution >= 0.6 is 0 Å². The van der Waals surface area contributed by atoms with E-state index in [0.29, 0.717) is 17.7 Å². The second-order valence-electron chi connectivity index (χ2n) is 9.77. The van der Waals surface area contributed by atoms with Crippen molar-refractivity contribution in [1.82, 2.24) is 5.32 Å². The molecule has 2 amide bonds. The Balaban J connectivity index is 2.67. The first kappa shape index (κ1) is 26.9. The molecule has 2 aromatic carbocycles. The number of para-hydroxylation sites is 1. The molecule has 1 N–H and O–H groups in total. The SMILES string of the molecule is COC(=O)[C@H](CC(C)C)NC(=O)[C@@](C)(c1ccccc1)N(C(=O)OC(C)(C)C)c1ccccc1. The summed E-state index contributed by atoms with van der Waals surface area (Å²) in [6.45, 7) is 10.9. The minimum absolute atomic E-state index is 0.128. The molecule has 0 aliphatic carbocycles. The van der Waals surface area contributed by atoms with E-state index in [9.17, 15) is 14.4 Å². The summed E-state index contributed by atoms with van der Waals surface area (Å²) in [6, 6.07) is 17.0. The van der Waals surface area contributed by atoms with E-state index >= 15 is 0 Å². The maximum Gasteiger partial charge on any atom is 0.416 e. The van der Waals surface area contributed by atoms with Crippen molar-refractivity contribution in [2.24, 2.45) is 5.92 Å². The predicted molar refractivity (Wildman–Crippen MR) is 132 cm³/mol. The molecule has 0 saturated heterocycles. The van der Waals surface area contributed by atoms with Crippen LogP contribution in [0.2, 0.25) is 0 Å². The summed E-state index contributed by atoms with van der Waals surface area (Å²) in [5, 5.41) is 2.84. The summed E-state index contributed by atoms with van der Waals surface area (Å²) >= 11 is 0. The zero-order valence-corrected chi connectivity index (χ0v) is 21.1. The molecule has 0 saturated carbocycles. The van der Waals surface area contributed by atoms with E-state index in [1.165, 1.54) is 12.0 Å². The van der Waals surface area contributed by atoms with Crippen molar-refractivity contribution in [1.29, 1.82) is 0 Å². The second kappa shape index (κ2) is 11.2. The molecule has 2 rings (SSSR count). The first-order valence-corrected chi connectivity index (χ1v) is 11.4. The minimum Gasteiger partial charge on any atom is -0.467 e. The molecule has 2 atom stereocenters. The Kier molecular flexibility index (Phi) is 8.85. The Morgan fingerprint density at radius 1 is 0.912 bits per heavy atom. The fraction of sp³-hybridized carbons (Fsp3) is 0.444. The van der Waals surface area contributed by atoms with Gasteiger partial charge in [-0.05, 0) is 57.7 Å². The van der Waals surface area contributed by atoms with E-state index < -0.39 is 35.2 Å². The van der Waals surface area contributed by atoms with Gasteiger partial charge >= 0.3 is 12.1 Å². The highest BCUT2D eigenvalue weighted by atomic mass is 16.6. The summed E-state index contributed by atoms with van der Waals surface area (Å²) in [6.07, 6.45) is -0.292. The van der Waals surface area contributed by atoms with Crippen molar-refractivity contribution in [2.45, 2.75) is 65.1 Å². The standard InChI is InChI=1S/C27H36N2O5/c1-19(2)18-22(23(30)33-7)28-24(31)27(6,20-14-10-8-11-15-20)29(21-16-12-9-13-17-21)25(32)34-26(3,4)5/h8-17,19,22H,18H2,1-7H3,(H,28,31)/t22-,27+/m0/s1. The predicted octanol–water partition coefficient (Wildman–Crippen LogP) is 5.05. The number of rotatable bonds is 8. The quantitative estimate of drug-likeness (QED) is 0.548. The molecule has 0 aromatic heterocycles. The molecule has 34 heavy (non-hydrogen) atoms. The molecule has 0 fully saturated rings. The Morgan fingerprint density at radius 3 is 1.91 bits per heavy atom. The van der Waals surface area contributed by atoms with Gasteiger partial charge in [-0.25, -0.2) is 9.59 Å². The molecule has 2 aromatic rings. The van der Waals surface area contributed by atoms with Crippen LogP contribution < -0.4 is 10.2 Å². The van der Waals surface area contributed by atoms with Crippen molar-refractivity contribution in [3.8, 4) is 0 Å². The minimum atomic E-state index is -1.53. The third kappa shape index (κ3) is 6.59. The number of hydrogen-bond donors (Lipinski definition) is 1. The average Bonchev–Trinajstić information content (AvgIpc) is 2.77. The van der Waals surface area contributed by atoms with Gasteiger partial charge in [-0.2, -0.15) is 0 Å². The number of carbonyl (C=O) groups excluding carboxylic acids is 3. The lowest BCUT2D eigenvalue weighted by Gasteiger charge is -2.41. The first-order valence-electron chi connectivity index (χ1n) is 11.4. The molecule has 184 valence electrons. The van der Waals surface area contributed by atoms with Crippen LogP contribution in [0.15, 0.2) is 60.7 Å². The number of nitrogens with one attached hydrogen (secondary N) is 1. The summed E-state index contributed by atoms with van der Waals surface area (Å²) in [5.41, 5.74) is -1.27. The van der Waals surface area contributed by atoms with E-state index in [0.717, 1.165) is 0 Å². The molecule has 7 nitrogen and oxygen atoms in total. The number of anilines is 1. The number of nitrogens with zero attached hydrogens (tertiary/aromatic N) is 1. The van der Waals surface area contributed by atoms with Crippen LogP contribution in [0.3, 0.4) is 0 Å². The van der Waals surface area contributed by atoms with Crippen molar-refractivity contribution in [2.75, 3.05) is 12.0 Å². The summed E-state index contributed by atoms with van der Waals surface area (Å²) in [4.78, 5) is 41.4. The van der Waals surface area contributed by atoms with Gasteiger partial charge in [-0.15, -0.1) is 0 Å². The average molecular weight is 469 g/mol. The van der Waals surface area contributed by atoms with E-state index in [1.54, 1.807) is 76.2 Å². The fourth-order valence-electron chi connectivity index (χ4n) is 3.68. The maximum atomic E-state index is 14.0. The topological polar surface area (TPSA) is 84.9 Å². The number of hydrogen-bond acceptors (Lipinski definition) is 5. The highest BCUT2D eigenvalue weighted by molar-refractivity contribution is 6.02. The molecule has 0 heterocycles. The van der Waals surface area contributed by atoms with E-state index in [2.05, 4.69) is 5.32 Å². The smallest absolute Gasteiger partial charge is 0.416 e. The number of ether oxygens (including phenoxy) is 2. The highest BCUT2D eigenvalue weighted by Crippen LogP contribution is 2.35. The summed E-state index contributed by atoms with van der Waals surface area (Å²) in [5.74, 6) is -0.936. The third-order valence-electron chi connectivity index (χ3n) is 5.31. The van der Waals surface area contributed by atoms with Crippen LogP contribution in [0.4, 0.5) is 10.5 Å². The van der Waals surface area contributed by atoms with Crippen molar-refractivity contribution in [3.63, 3.8) is 0 Å². The molecule has 0 unspecified atom stereocenters. The van der Waals surface area contributed by atoms with Gasteiger partial charge in [-0.3, -0.25) is 9.69 Å². The molecule has 0 bridgehead atoms. The van der Waals surface area contributed by atoms with Crippen LogP contribution in [-0.2, 0) is 24.6 Å².